The number of urea groups is 1. The van der Waals surface area contributed by atoms with E-state index in [1.807, 2.05) is 24.3 Å². The molecule has 0 spiro atoms. The fourth-order valence-corrected chi connectivity index (χ4v) is 11.1. The molecule has 25 heteroatoms. The summed E-state index contributed by atoms with van der Waals surface area (Å²) in [4.78, 5) is 106. The average molecular weight is 1120 g/mol. The summed E-state index contributed by atoms with van der Waals surface area (Å²) in [7, 11) is 8.60. The third-order valence-corrected chi connectivity index (χ3v) is 15.4. The summed E-state index contributed by atoms with van der Waals surface area (Å²) in [5, 5.41) is 6.39. The van der Waals surface area contributed by atoms with Gasteiger partial charge in [0.1, 0.15) is 36.0 Å². The van der Waals surface area contributed by atoms with Crippen LogP contribution in [0.5, 0.6) is 23.0 Å². The van der Waals surface area contributed by atoms with Gasteiger partial charge in [-0.3, -0.25) is 28.9 Å². The first kappa shape index (κ1) is 57.2. The fourth-order valence-electron chi connectivity index (χ4n) is 8.31. The molecule has 0 bridgehead atoms. The molecular weight excluding hydrogens is 1070 g/mol. The van der Waals surface area contributed by atoms with Crippen LogP contribution in [0.1, 0.15) is 86.1 Å². The topological polar surface area (TPSA) is 222 Å². The number of methoxy groups -OCH3 is 2. The Morgan fingerprint density at radius 1 is 0.908 bits per heavy atom. The van der Waals surface area contributed by atoms with Crippen LogP contribution in [0.4, 0.5) is 9.59 Å². The van der Waals surface area contributed by atoms with Crippen molar-refractivity contribution < 1.29 is 66.7 Å². The number of nitrogens with zero attached hydrogens (tertiary/aromatic N) is 6. The van der Waals surface area contributed by atoms with Crippen LogP contribution in [0.3, 0.4) is 0 Å². The number of aromatic nitrogens is 1. The number of halogens is 2. The number of oxime groups is 1. The minimum Gasteiger partial charge on any atom is -0.541 e. The Bertz CT molecular complexity index is 2900. The quantitative estimate of drug-likeness (QED) is 0.0101. The van der Waals surface area contributed by atoms with Gasteiger partial charge < -0.3 is 38.1 Å². The molecule has 7 rings (SSSR count). The van der Waals surface area contributed by atoms with Crippen LogP contribution in [0.2, 0.25) is 5.02 Å². The standard InChI is InChI=1S/C51H55BCl2N6O14S2/c1-29-55-36(27-75-29)41(56-74-50(5,6)45(64)72-49(2,3)4)38(62)24-35-43(63)57-28-51(46(65)73-52,76-44(35)57)58-22-23-60(48(58)67)59(47(54)66)21-9-10-37(61)34-19-20-39(70-25-30-11-15-32(68-7)16-12-30)42(40(34)53)71-26-31-13-17-33(69-8)18-14-31/h11-20,27,35,44H,9-10,21-26,28H2,1-8H3/b56-41-/t35?,44-,51-/m1/s1. The lowest BCUT2D eigenvalue weighted by molar-refractivity contribution is -0.179. The maximum atomic E-state index is 14.4. The molecule has 76 heavy (non-hydrogen) atoms. The number of benzene rings is 3. The lowest BCUT2D eigenvalue weighted by Gasteiger charge is -2.40. The van der Waals surface area contributed by atoms with Crippen LogP contribution in [-0.4, -0.2) is 141 Å². The first-order chi connectivity index (χ1) is 36.0. The Balaban J connectivity index is 1.02. The van der Waals surface area contributed by atoms with Gasteiger partial charge in [0.05, 0.1) is 48.6 Å². The number of hydrazine groups is 1. The molecule has 3 fully saturated rings. The van der Waals surface area contributed by atoms with E-state index in [0.29, 0.717) is 16.5 Å². The zero-order chi connectivity index (χ0) is 55.3. The predicted octanol–water partition coefficient (Wildman–Crippen LogP) is 7.91. The number of ketones is 2. The highest BCUT2D eigenvalue weighted by Gasteiger charge is 2.66. The number of hydrogen-bond acceptors (Lipinski definition) is 18. The van der Waals surface area contributed by atoms with E-state index in [2.05, 4.69) is 10.1 Å². The van der Waals surface area contributed by atoms with Crippen LogP contribution >= 0.6 is 46.3 Å². The molecule has 1 unspecified atom stereocenters. The van der Waals surface area contributed by atoms with Crippen molar-refractivity contribution in [3.8, 4) is 23.0 Å². The van der Waals surface area contributed by atoms with E-state index < -0.39 is 74.6 Å². The molecule has 402 valence electrons. The molecule has 1 aromatic heterocycles. The van der Waals surface area contributed by atoms with Crippen molar-refractivity contribution in [1.82, 2.24) is 24.8 Å². The first-order valence-corrected chi connectivity index (χ1v) is 26.3. The zero-order valence-electron chi connectivity index (χ0n) is 42.9. The van der Waals surface area contributed by atoms with Crippen molar-refractivity contribution in [1.29, 1.82) is 0 Å². The van der Waals surface area contributed by atoms with Crippen LogP contribution in [0.15, 0.2) is 71.2 Å². The largest absolute Gasteiger partial charge is 0.541 e. The minimum absolute atomic E-state index is 0.00111. The van der Waals surface area contributed by atoms with E-state index in [1.54, 1.807) is 77.6 Å². The van der Waals surface area contributed by atoms with E-state index in [9.17, 15) is 33.6 Å². The number of β-lactam (4-membered cyclic amide) rings is 1. The molecule has 2 radical (unpaired) electrons. The number of rotatable bonds is 23. The van der Waals surface area contributed by atoms with Gasteiger partial charge in [-0.1, -0.05) is 52.8 Å². The molecule has 4 heterocycles. The van der Waals surface area contributed by atoms with Gasteiger partial charge >= 0.3 is 31.4 Å². The number of carbonyl (C=O) groups excluding carboxylic acids is 7. The highest BCUT2D eigenvalue weighted by atomic mass is 35.5. The van der Waals surface area contributed by atoms with E-state index in [4.69, 9.17) is 64.4 Å². The van der Waals surface area contributed by atoms with Crippen molar-refractivity contribution in [3.63, 3.8) is 0 Å². The average Bonchev–Trinajstić information content (AvgIpc) is 4.11. The second kappa shape index (κ2) is 23.8. The van der Waals surface area contributed by atoms with Crippen molar-refractivity contribution in [2.75, 3.05) is 40.4 Å². The number of ether oxygens (including phenoxy) is 5. The molecule has 4 amide bonds. The maximum Gasteiger partial charge on any atom is 0.378 e. The Morgan fingerprint density at radius 2 is 1.54 bits per heavy atom. The highest BCUT2D eigenvalue weighted by Crippen LogP contribution is 2.53. The van der Waals surface area contributed by atoms with Gasteiger partial charge in [-0.15, -0.1) is 11.3 Å². The summed E-state index contributed by atoms with van der Waals surface area (Å²) >= 11 is 15.2. The minimum atomic E-state index is -1.91. The summed E-state index contributed by atoms with van der Waals surface area (Å²) in [6.07, 6.45) is -0.558. The zero-order valence-corrected chi connectivity index (χ0v) is 46.1. The molecule has 3 aromatic carbocycles. The van der Waals surface area contributed by atoms with Gasteiger partial charge in [-0.2, -0.15) is 0 Å². The van der Waals surface area contributed by atoms with Gasteiger partial charge in [0.25, 0.3) is 0 Å². The molecule has 3 atom stereocenters. The number of esters is 1. The SMILES string of the molecule is [B]OC(=O)[C@@]1(N2CCN(N(CCCC(=O)c3ccc(OCc4ccc(OC)cc4)c(OCc4ccc(OC)cc4)c3Cl)C(=O)Cl)C2=O)CN2C(=O)C(CC(=O)/C(=N\OC(C)(C)C(=O)OC(C)(C)C)c3csc(C)n3)[C@H]2S1. The number of thioether (sulfide) groups is 1. The third kappa shape index (κ3) is 12.6. The molecule has 3 aliphatic rings. The lowest BCUT2D eigenvalue weighted by atomic mass is 9.90. The molecule has 0 saturated carbocycles. The number of carbonyl (C=O) groups is 7. The van der Waals surface area contributed by atoms with Crippen molar-refractivity contribution in [2.24, 2.45) is 11.1 Å². The first-order valence-electron chi connectivity index (χ1n) is 23.8. The van der Waals surface area contributed by atoms with Gasteiger partial charge in [-0.25, -0.2) is 24.6 Å². The number of thiazole rings is 1. The van der Waals surface area contributed by atoms with Crippen molar-refractivity contribution in [3.05, 3.63) is 98.5 Å². The van der Waals surface area contributed by atoms with Crippen molar-refractivity contribution in [2.45, 2.75) is 95.5 Å². The number of fused-ring (bicyclic) bond motifs is 1. The normalized spacial score (nSPS) is 18.4. The predicted molar refractivity (Wildman–Crippen MR) is 282 cm³/mol. The summed E-state index contributed by atoms with van der Waals surface area (Å²) < 4.78 is 33.1. The molecule has 4 aromatic rings. The lowest BCUT2D eigenvalue weighted by Crippen LogP contribution is -2.60. The second-order valence-electron chi connectivity index (χ2n) is 19.2. The van der Waals surface area contributed by atoms with E-state index in [1.165, 1.54) is 36.2 Å². The Labute approximate surface area is 458 Å². The van der Waals surface area contributed by atoms with Gasteiger partial charge in [0.2, 0.25) is 16.4 Å². The number of hydrogen-bond donors (Lipinski definition) is 0. The molecule has 3 aliphatic heterocycles. The monoisotopic (exact) mass is 1120 g/mol. The summed E-state index contributed by atoms with van der Waals surface area (Å²) in [6, 6.07) is 16.8. The molecule has 0 aliphatic carbocycles. The third-order valence-electron chi connectivity index (χ3n) is 12.3. The summed E-state index contributed by atoms with van der Waals surface area (Å²) in [5.74, 6) is -2.61. The molecular formula is C51H55BCl2N6O14S2. The Kier molecular flexibility index (Phi) is 17.9. The van der Waals surface area contributed by atoms with Crippen LogP contribution < -0.4 is 18.9 Å². The van der Waals surface area contributed by atoms with Crippen LogP contribution in [0.25, 0.3) is 0 Å². The fraction of sp³-hybridized carbons (Fsp3) is 0.431. The number of amides is 4. The van der Waals surface area contributed by atoms with E-state index in [-0.39, 0.29) is 85.7 Å². The van der Waals surface area contributed by atoms with E-state index in [0.717, 1.165) is 37.8 Å². The Hall–Kier alpha value is -6.56. The van der Waals surface area contributed by atoms with Gasteiger partial charge in [0, 0.05) is 36.9 Å². The molecule has 20 nitrogen and oxygen atoms in total. The molecule has 3 saturated heterocycles. The Morgan fingerprint density at radius 3 is 2.11 bits per heavy atom. The van der Waals surface area contributed by atoms with Crippen LogP contribution in [-0.2, 0) is 46.6 Å². The summed E-state index contributed by atoms with van der Waals surface area (Å²) in [5.41, 5.74) is -0.800. The molecule has 0 N–H and O–H groups in total. The second-order valence-corrected chi connectivity index (χ2v) is 22.3. The highest BCUT2D eigenvalue weighted by molar-refractivity contribution is 8.02. The smallest absolute Gasteiger partial charge is 0.378 e. The van der Waals surface area contributed by atoms with E-state index >= 15 is 0 Å². The van der Waals surface area contributed by atoms with Crippen LogP contribution in [0, 0.1) is 12.8 Å². The summed E-state index contributed by atoms with van der Waals surface area (Å²) in [6.45, 7) is 9.02. The number of Topliss-reactive ketones (excluding diaryl/α,β-unsaturated/α-hetero) is 2. The van der Waals surface area contributed by atoms with Gasteiger partial charge in [0.15, 0.2) is 28.8 Å². The maximum absolute atomic E-state index is 14.4. The number of aryl methyl sites for hydroxylation is 1. The van der Waals surface area contributed by atoms with Crippen molar-refractivity contribution >= 4 is 101 Å². The van der Waals surface area contributed by atoms with Gasteiger partial charge in [-0.05, 0) is 107 Å².